The lowest BCUT2D eigenvalue weighted by molar-refractivity contribution is -0.385. The van der Waals surface area contributed by atoms with Crippen molar-refractivity contribution in [2.24, 2.45) is 0 Å². The van der Waals surface area contributed by atoms with Gasteiger partial charge in [0.2, 0.25) is 0 Å². The normalized spacial score (nSPS) is 11.4. The molecule has 0 unspecified atom stereocenters. The molecule has 0 fully saturated rings. The molecule has 21 heavy (non-hydrogen) atoms. The lowest BCUT2D eigenvalue weighted by atomic mass is 9.77. The maximum absolute atomic E-state index is 11.0. The van der Waals surface area contributed by atoms with Crippen molar-refractivity contribution >= 4 is 21.6 Å². The Labute approximate surface area is 131 Å². The van der Waals surface area contributed by atoms with E-state index in [1.807, 2.05) is 44.2 Å². The summed E-state index contributed by atoms with van der Waals surface area (Å²) in [5.41, 5.74) is 2.33. The zero-order valence-corrected chi connectivity index (χ0v) is 13.4. The quantitative estimate of drug-likeness (QED) is 0.665. The number of halogens is 1. The molecule has 0 bridgehead atoms. The van der Waals surface area contributed by atoms with Crippen LogP contribution in [-0.4, -0.2) is 10.0 Å². The average Bonchev–Trinajstić information content (AvgIpc) is 2.46. The molecule has 0 saturated carbocycles. The molecule has 110 valence electrons. The van der Waals surface area contributed by atoms with Crippen LogP contribution in [0.2, 0.25) is 0 Å². The molecule has 0 aliphatic heterocycles. The molecule has 0 aliphatic rings. The molecule has 0 atom stereocenters. The summed E-state index contributed by atoms with van der Waals surface area (Å²) in [6.07, 6.45) is 0. The summed E-state index contributed by atoms with van der Waals surface area (Å²) in [6, 6.07) is 12.6. The largest absolute Gasteiger partial charge is 0.392 e. The maximum Gasteiger partial charge on any atom is 0.270 e. The number of aliphatic hydroxyl groups is 1. The van der Waals surface area contributed by atoms with Gasteiger partial charge in [-0.15, -0.1) is 0 Å². The SMILES string of the molecule is CC(C)(c1cccc(CO)c1)c1cc(Br)cc([N+](=O)[O-])c1. The summed E-state index contributed by atoms with van der Waals surface area (Å²) < 4.78 is 0.679. The van der Waals surface area contributed by atoms with E-state index in [0.29, 0.717) is 4.47 Å². The highest BCUT2D eigenvalue weighted by atomic mass is 79.9. The predicted molar refractivity (Wildman–Crippen MR) is 85.3 cm³/mol. The van der Waals surface area contributed by atoms with Crippen molar-refractivity contribution in [2.75, 3.05) is 0 Å². The van der Waals surface area contributed by atoms with Gasteiger partial charge in [-0.3, -0.25) is 10.1 Å². The first-order valence-electron chi connectivity index (χ1n) is 6.50. The number of nitro groups is 1. The third-order valence-electron chi connectivity index (χ3n) is 3.65. The van der Waals surface area contributed by atoms with Gasteiger partial charge in [-0.1, -0.05) is 54.0 Å². The summed E-state index contributed by atoms with van der Waals surface area (Å²) in [4.78, 5) is 10.6. The summed E-state index contributed by atoms with van der Waals surface area (Å²) in [5.74, 6) is 0. The number of aliphatic hydroxyl groups excluding tert-OH is 1. The molecule has 0 amide bonds. The smallest absolute Gasteiger partial charge is 0.270 e. The van der Waals surface area contributed by atoms with Gasteiger partial charge in [0.05, 0.1) is 11.5 Å². The zero-order valence-electron chi connectivity index (χ0n) is 11.8. The van der Waals surface area contributed by atoms with Gasteiger partial charge in [0, 0.05) is 22.0 Å². The van der Waals surface area contributed by atoms with E-state index in [2.05, 4.69) is 15.9 Å². The van der Waals surface area contributed by atoms with Gasteiger partial charge in [-0.05, 0) is 22.8 Å². The summed E-state index contributed by atoms with van der Waals surface area (Å²) in [7, 11) is 0. The Hall–Kier alpha value is -1.72. The fourth-order valence-electron chi connectivity index (χ4n) is 2.27. The summed E-state index contributed by atoms with van der Waals surface area (Å²) in [6.45, 7) is 3.99. The standard InChI is InChI=1S/C16H16BrNO3/c1-16(2,12-5-3-4-11(6-12)10-19)13-7-14(17)9-15(8-13)18(20)21/h3-9,19H,10H2,1-2H3. The Morgan fingerprint density at radius 1 is 1.19 bits per heavy atom. The molecule has 0 aliphatic carbocycles. The van der Waals surface area contributed by atoms with E-state index >= 15 is 0 Å². The number of rotatable bonds is 4. The maximum atomic E-state index is 11.0. The van der Waals surface area contributed by atoms with Gasteiger partial charge in [0.1, 0.15) is 0 Å². The second-order valence-electron chi connectivity index (χ2n) is 5.44. The number of nitro benzene ring substituents is 1. The predicted octanol–water partition coefficient (Wildman–Crippen LogP) is 4.18. The Balaban J connectivity index is 2.54. The van der Waals surface area contributed by atoms with E-state index in [-0.39, 0.29) is 12.3 Å². The van der Waals surface area contributed by atoms with E-state index in [4.69, 9.17) is 0 Å². The molecule has 1 N–H and O–H groups in total. The van der Waals surface area contributed by atoms with Crippen molar-refractivity contribution in [3.8, 4) is 0 Å². The number of benzene rings is 2. The Morgan fingerprint density at radius 3 is 2.52 bits per heavy atom. The minimum Gasteiger partial charge on any atom is -0.392 e. The second-order valence-corrected chi connectivity index (χ2v) is 6.35. The monoisotopic (exact) mass is 349 g/mol. The van der Waals surface area contributed by atoms with Gasteiger partial charge in [0.15, 0.2) is 0 Å². The van der Waals surface area contributed by atoms with Gasteiger partial charge in [-0.2, -0.15) is 0 Å². The van der Waals surface area contributed by atoms with Crippen molar-refractivity contribution in [2.45, 2.75) is 25.9 Å². The lowest BCUT2D eigenvalue weighted by Gasteiger charge is -2.26. The topological polar surface area (TPSA) is 63.4 Å². The van der Waals surface area contributed by atoms with Gasteiger partial charge >= 0.3 is 0 Å². The van der Waals surface area contributed by atoms with Crippen LogP contribution in [0.15, 0.2) is 46.9 Å². The first-order chi connectivity index (χ1) is 9.84. The Morgan fingerprint density at radius 2 is 1.90 bits per heavy atom. The highest BCUT2D eigenvalue weighted by molar-refractivity contribution is 9.10. The second kappa shape index (κ2) is 5.95. The number of hydrogen-bond donors (Lipinski definition) is 1. The highest BCUT2D eigenvalue weighted by Crippen LogP contribution is 2.35. The highest BCUT2D eigenvalue weighted by Gasteiger charge is 2.26. The Bertz CT molecular complexity index is 683. The number of non-ortho nitro benzene ring substituents is 1. The van der Waals surface area contributed by atoms with Crippen molar-refractivity contribution < 1.29 is 10.0 Å². The third-order valence-corrected chi connectivity index (χ3v) is 4.10. The summed E-state index contributed by atoms with van der Waals surface area (Å²) >= 11 is 3.33. The van der Waals surface area contributed by atoms with Gasteiger partial charge in [0.25, 0.3) is 5.69 Å². The zero-order chi connectivity index (χ0) is 15.6. The summed E-state index contributed by atoms with van der Waals surface area (Å²) in [5, 5.41) is 20.3. The van der Waals surface area contributed by atoms with Crippen LogP contribution in [0.1, 0.15) is 30.5 Å². The lowest BCUT2D eigenvalue weighted by Crippen LogP contribution is -2.19. The van der Waals surface area contributed by atoms with Crippen LogP contribution in [-0.2, 0) is 12.0 Å². The minimum atomic E-state index is -0.403. The molecule has 5 heteroatoms. The molecule has 0 saturated heterocycles. The third kappa shape index (κ3) is 3.31. The molecule has 2 aromatic rings. The van der Waals surface area contributed by atoms with Gasteiger partial charge in [-0.25, -0.2) is 0 Å². The molecule has 4 nitrogen and oxygen atoms in total. The van der Waals surface area contributed by atoms with E-state index < -0.39 is 10.3 Å². The molecule has 0 aromatic heterocycles. The first-order valence-corrected chi connectivity index (χ1v) is 7.29. The van der Waals surface area contributed by atoms with E-state index in [0.717, 1.165) is 16.7 Å². The molecule has 0 spiro atoms. The fraction of sp³-hybridized carbons (Fsp3) is 0.250. The molecule has 2 rings (SSSR count). The molecule has 0 heterocycles. The van der Waals surface area contributed by atoms with Crippen LogP contribution in [0.25, 0.3) is 0 Å². The molecule has 2 aromatic carbocycles. The van der Waals surface area contributed by atoms with Gasteiger partial charge < -0.3 is 5.11 Å². The molecular formula is C16H16BrNO3. The van der Waals surface area contributed by atoms with E-state index in [9.17, 15) is 15.2 Å². The number of hydrogen-bond acceptors (Lipinski definition) is 3. The van der Waals surface area contributed by atoms with Crippen LogP contribution in [0.3, 0.4) is 0 Å². The van der Waals surface area contributed by atoms with Crippen molar-refractivity contribution in [1.29, 1.82) is 0 Å². The minimum absolute atomic E-state index is 0.0252. The average molecular weight is 350 g/mol. The van der Waals surface area contributed by atoms with Crippen LogP contribution in [0.5, 0.6) is 0 Å². The number of nitrogens with zero attached hydrogens (tertiary/aromatic N) is 1. The van der Waals surface area contributed by atoms with Crippen LogP contribution in [0, 0.1) is 10.1 Å². The molecule has 0 radical (unpaired) electrons. The van der Waals surface area contributed by atoms with E-state index in [1.165, 1.54) is 6.07 Å². The van der Waals surface area contributed by atoms with Crippen molar-refractivity contribution in [1.82, 2.24) is 0 Å². The Kier molecular flexibility index (Phi) is 4.44. The van der Waals surface area contributed by atoms with E-state index in [1.54, 1.807) is 6.07 Å². The first kappa shape index (κ1) is 15.7. The molecular weight excluding hydrogens is 334 g/mol. The van der Waals surface area contributed by atoms with Crippen LogP contribution < -0.4 is 0 Å². The van der Waals surface area contributed by atoms with Crippen molar-refractivity contribution in [3.05, 3.63) is 73.7 Å². The van der Waals surface area contributed by atoms with Crippen molar-refractivity contribution in [3.63, 3.8) is 0 Å². The fourth-order valence-corrected chi connectivity index (χ4v) is 2.75. The van der Waals surface area contributed by atoms with Crippen LogP contribution in [0.4, 0.5) is 5.69 Å². The van der Waals surface area contributed by atoms with Crippen LogP contribution >= 0.6 is 15.9 Å².